The van der Waals surface area contributed by atoms with Gasteiger partial charge in [-0.2, -0.15) is 0 Å². The Bertz CT molecular complexity index is 796. The van der Waals surface area contributed by atoms with E-state index < -0.39 is 6.04 Å². The third-order valence-corrected chi connectivity index (χ3v) is 6.05. The number of fused-ring (bicyclic) bond motifs is 2. The van der Waals surface area contributed by atoms with Crippen molar-refractivity contribution >= 4 is 23.2 Å². The summed E-state index contributed by atoms with van der Waals surface area (Å²) in [6.45, 7) is 0.554. The van der Waals surface area contributed by atoms with Gasteiger partial charge in [0.25, 0.3) is 5.91 Å². The first-order valence-electron chi connectivity index (χ1n) is 8.47. The number of amides is 2. The average Bonchev–Trinajstić information content (AvgIpc) is 3.03. The van der Waals surface area contributed by atoms with E-state index in [2.05, 4.69) is 16.0 Å². The molecule has 0 spiro atoms. The van der Waals surface area contributed by atoms with E-state index in [1.165, 1.54) is 35.3 Å². The lowest BCUT2D eigenvalue weighted by Gasteiger charge is -2.25. The second-order valence-electron chi connectivity index (χ2n) is 6.47. The maximum Gasteiger partial charge on any atom is 0.252 e. The summed E-state index contributed by atoms with van der Waals surface area (Å²) in [6.07, 6.45) is 5.35. The summed E-state index contributed by atoms with van der Waals surface area (Å²) in [7, 11) is 0. The van der Waals surface area contributed by atoms with Gasteiger partial charge < -0.3 is 10.6 Å². The van der Waals surface area contributed by atoms with Gasteiger partial charge in [-0.05, 0) is 53.8 Å². The van der Waals surface area contributed by atoms with Gasteiger partial charge in [0.15, 0.2) is 0 Å². The summed E-state index contributed by atoms with van der Waals surface area (Å²) in [5.74, 6) is -0.265. The fourth-order valence-electron chi connectivity index (χ4n) is 3.60. The summed E-state index contributed by atoms with van der Waals surface area (Å²) in [5.41, 5.74) is 4.29. The molecule has 0 fully saturated rings. The van der Waals surface area contributed by atoms with Crippen molar-refractivity contribution in [1.29, 1.82) is 0 Å². The van der Waals surface area contributed by atoms with Crippen LogP contribution in [0.1, 0.15) is 44.8 Å². The van der Waals surface area contributed by atoms with Gasteiger partial charge in [0.1, 0.15) is 6.04 Å². The fraction of sp³-hybridized carbons (Fsp3) is 0.368. The van der Waals surface area contributed by atoms with Gasteiger partial charge in [0, 0.05) is 23.4 Å². The number of rotatable bonds is 3. The Morgan fingerprint density at radius 1 is 1.25 bits per heavy atom. The number of carbonyl (C=O) groups is 2. The van der Waals surface area contributed by atoms with Gasteiger partial charge in [0.05, 0.1) is 0 Å². The van der Waals surface area contributed by atoms with Crippen molar-refractivity contribution in [1.82, 2.24) is 10.6 Å². The normalized spacial score (nSPS) is 19.2. The molecule has 2 aromatic rings. The fourth-order valence-corrected chi connectivity index (χ4v) is 4.75. The zero-order chi connectivity index (χ0) is 16.5. The highest BCUT2D eigenvalue weighted by Gasteiger charge is 2.28. The molecule has 0 unspecified atom stereocenters. The van der Waals surface area contributed by atoms with E-state index in [0.29, 0.717) is 18.5 Å². The molecule has 0 radical (unpaired) electrons. The lowest BCUT2D eigenvalue weighted by molar-refractivity contribution is -0.123. The second-order valence-corrected chi connectivity index (χ2v) is 7.44. The second kappa shape index (κ2) is 6.40. The number of thiophene rings is 1. The summed E-state index contributed by atoms with van der Waals surface area (Å²) in [5, 5.41) is 8.00. The number of aryl methyl sites for hydroxylation is 1. The number of carbonyl (C=O) groups excluding carboxylic acids is 2. The Morgan fingerprint density at radius 3 is 3.00 bits per heavy atom. The molecular weight excluding hydrogens is 320 g/mol. The minimum Gasteiger partial charge on any atom is -0.350 e. The van der Waals surface area contributed by atoms with Crippen molar-refractivity contribution in [2.45, 2.75) is 44.7 Å². The molecular formula is C19H20N2O2S. The molecule has 5 heteroatoms. The van der Waals surface area contributed by atoms with Crippen molar-refractivity contribution in [3.63, 3.8) is 0 Å². The average molecular weight is 340 g/mol. The molecule has 0 saturated heterocycles. The van der Waals surface area contributed by atoms with Crippen LogP contribution >= 0.6 is 11.3 Å². The molecule has 0 saturated carbocycles. The summed E-state index contributed by atoms with van der Waals surface area (Å²) in [4.78, 5) is 26.1. The van der Waals surface area contributed by atoms with E-state index in [0.717, 1.165) is 12.0 Å². The molecule has 2 heterocycles. The van der Waals surface area contributed by atoms with Gasteiger partial charge in [0.2, 0.25) is 5.91 Å². The molecule has 24 heavy (non-hydrogen) atoms. The monoisotopic (exact) mass is 340 g/mol. The maximum absolute atomic E-state index is 12.5. The Hall–Kier alpha value is -2.14. The van der Waals surface area contributed by atoms with Crippen LogP contribution in [-0.4, -0.2) is 17.9 Å². The van der Waals surface area contributed by atoms with Crippen LogP contribution in [0.4, 0.5) is 0 Å². The smallest absolute Gasteiger partial charge is 0.252 e. The number of benzene rings is 1. The summed E-state index contributed by atoms with van der Waals surface area (Å²) >= 11 is 1.81. The Kier molecular flexibility index (Phi) is 4.10. The molecule has 2 amide bonds. The molecule has 1 aliphatic heterocycles. The van der Waals surface area contributed by atoms with Crippen LogP contribution < -0.4 is 10.6 Å². The highest BCUT2D eigenvalue weighted by molar-refractivity contribution is 7.10. The highest BCUT2D eigenvalue weighted by atomic mass is 32.1. The maximum atomic E-state index is 12.5. The van der Waals surface area contributed by atoms with Crippen molar-refractivity contribution in [2.24, 2.45) is 0 Å². The van der Waals surface area contributed by atoms with E-state index in [9.17, 15) is 9.59 Å². The number of nitrogens with one attached hydrogen (secondary N) is 2. The zero-order valence-corrected chi connectivity index (χ0v) is 14.2. The van der Waals surface area contributed by atoms with Crippen molar-refractivity contribution in [2.75, 3.05) is 0 Å². The quantitative estimate of drug-likeness (QED) is 0.902. The SMILES string of the molecule is O=C1N[C@H](C(=O)NCc2csc3c2CCCC3)Cc2ccccc21. The standard InChI is InChI=1S/C19H20N2O2S/c22-18-15-7-2-1-5-12(15)9-16(21-18)19(23)20-10-13-11-24-17-8-4-3-6-14(13)17/h1-2,5,7,11,16H,3-4,6,8-10H2,(H,20,23)(H,21,22)/t16-/m0/s1. The molecule has 1 aromatic heterocycles. The topological polar surface area (TPSA) is 58.2 Å². The van der Waals surface area contributed by atoms with Crippen molar-refractivity contribution in [3.8, 4) is 0 Å². The predicted octanol–water partition coefficient (Wildman–Crippen LogP) is 2.60. The molecule has 0 bridgehead atoms. The van der Waals surface area contributed by atoms with Gasteiger partial charge in [-0.1, -0.05) is 18.2 Å². The largest absolute Gasteiger partial charge is 0.350 e. The van der Waals surface area contributed by atoms with Crippen LogP contribution in [-0.2, 0) is 30.6 Å². The molecule has 2 aliphatic rings. The third kappa shape index (κ3) is 2.84. The molecule has 2 N–H and O–H groups in total. The zero-order valence-electron chi connectivity index (χ0n) is 13.4. The van der Waals surface area contributed by atoms with Crippen LogP contribution in [0.25, 0.3) is 0 Å². The Morgan fingerprint density at radius 2 is 2.08 bits per heavy atom. The van der Waals surface area contributed by atoms with E-state index in [-0.39, 0.29) is 11.8 Å². The van der Waals surface area contributed by atoms with E-state index in [4.69, 9.17) is 0 Å². The van der Waals surface area contributed by atoms with Crippen molar-refractivity contribution in [3.05, 3.63) is 56.8 Å². The van der Waals surface area contributed by atoms with E-state index >= 15 is 0 Å². The van der Waals surface area contributed by atoms with Gasteiger partial charge in [-0.15, -0.1) is 11.3 Å². The summed E-state index contributed by atoms with van der Waals surface area (Å²) in [6, 6.07) is 6.99. The number of hydrogen-bond donors (Lipinski definition) is 2. The van der Waals surface area contributed by atoms with Crippen LogP contribution in [0, 0.1) is 0 Å². The Balaban J connectivity index is 1.42. The predicted molar refractivity (Wildman–Crippen MR) is 94.2 cm³/mol. The molecule has 1 aliphatic carbocycles. The minimum absolute atomic E-state index is 0.103. The third-order valence-electron chi connectivity index (χ3n) is 4.91. The van der Waals surface area contributed by atoms with Crippen LogP contribution in [0.2, 0.25) is 0 Å². The first kappa shape index (κ1) is 15.4. The lowest BCUT2D eigenvalue weighted by atomic mass is 9.94. The first-order valence-corrected chi connectivity index (χ1v) is 9.35. The lowest BCUT2D eigenvalue weighted by Crippen LogP contribution is -2.50. The van der Waals surface area contributed by atoms with Gasteiger partial charge in [-0.25, -0.2) is 0 Å². The van der Waals surface area contributed by atoms with Gasteiger partial charge >= 0.3 is 0 Å². The van der Waals surface area contributed by atoms with Gasteiger partial charge in [-0.3, -0.25) is 9.59 Å². The molecule has 124 valence electrons. The van der Waals surface area contributed by atoms with Crippen LogP contribution in [0.5, 0.6) is 0 Å². The summed E-state index contributed by atoms with van der Waals surface area (Å²) < 4.78 is 0. The van der Waals surface area contributed by atoms with Crippen molar-refractivity contribution < 1.29 is 9.59 Å². The van der Waals surface area contributed by atoms with Crippen LogP contribution in [0.3, 0.4) is 0 Å². The molecule has 4 nitrogen and oxygen atoms in total. The van der Waals surface area contributed by atoms with E-state index in [1.54, 1.807) is 6.07 Å². The van der Waals surface area contributed by atoms with E-state index in [1.807, 2.05) is 29.5 Å². The highest BCUT2D eigenvalue weighted by Crippen LogP contribution is 2.30. The molecule has 4 rings (SSSR count). The van der Waals surface area contributed by atoms with Crippen LogP contribution in [0.15, 0.2) is 29.6 Å². The minimum atomic E-state index is -0.484. The molecule has 1 atom stereocenters. The number of hydrogen-bond acceptors (Lipinski definition) is 3. The first-order chi connectivity index (χ1) is 11.7. The molecule has 1 aromatic carbocycles. The Labute approximate surface area is 145 Å².